The third kappa shape index (κ3) is 2.53. The van der Waals surface area contributed by atoms with Crippen molar-refractivity contribution in [3.05, 3.63) is 23.8 Å². The Kier molecular flexibility index (Phi) is 4.01. The van der Waals surface area contributed by atoms with E-state index in [2.05, 4.69) is 32.1 Å². The van der Waals surface area contributed by atoms with Crippen molar-refractivity contribution < 1.29 is 0 Å². The molecule has 0 aromatic carbocycles. The first-order valence-electron chi connectivity index (χ1n) is 9.23. The van der Waals surface area contributed by atoms with E-state index in [9.17, 15) is 0 Å². The minimum atomic E-state index is 0.532. The van der Waals surface area contributed by atoms with Crippen molar-refractivity contribution >= 4 is 25.3 Å². The van der Waals surface area contributed by atoms with Crippen LogP contribution in [0.5, 0.6) is 0 Å². The summed E-state index contributed by atoms with van der Waals surface area (Å²) in [7, 11) is 0. The van der Waals surface area contributed by atoms with Gasteiger partial charge in [-0.05, 0) is 79.1 Å². The molecule has 2 saturated carbocycles. The van der Waals surface area contributed by atoms with Crippen molar-refractivity contribution in [3.63, 3.8) is 0 Å². The summed E-state index contributed by atoms with van der Waals surface area (Å²) in [4.78, 5) is 0. The van der Waals surface area contributed by atoms with Crippen molar-refractivity contribution in [2.75, 3.05) is 0 Å². The highest BCUT2D eigenvalue weighted by Crippen LogP contribution is 2.68. The average Bonchev–Trinajstić information content (AvgIpc) is 3.16. The Hall–Kier alpha value is 0.180. The molecule has 0 aromatic rings. The average molecular weight is 335 g/mol. The molecule has 1 spiro atoms. The van der Waals surface area contributed by atoms with E-state index in [-0.39, 0.29) is 0 Å². The van der Waals surface area contributed by atoms with Crippen molar-refractivity contribution in [1.82, 2.24) is 0 Å². The number of hydrogen-bond donors (Lipinski definition) is 2. The molecular weight excluding hydrogens is 304 g/mol. The standard InChI is InChI=1S/C20H30S2/c1-12-4-3-5-14-6-7-15-9-20(11-18(21)16(15)8-12)10-17(20)19(22)13(14)2/h3,5-6,12-13,15-19,21-22H,4,7-11H2,1-2H3/b5-3-,14-6+. The smallest absolute Gasteiger partial charge is 0.0116 e. The first kappa shape index (κ1) is 15.7. The Morgan fingerprint density at radius 2 is 1.91 bits per heavy atom. The van der Waals surface area contributed by atoms with E-state index in [0.717, 1.165) is 23.7 Å². The second-order valence-electron chi connectivity index (χ2n) is 8.77. The second kappa shape index (κ2) is 5.62. The third-order valence-corrected chi connectivity index (χ3v) is 8.64. The largest absolute Gasteiger partial charge is 0.176 e. The lowest BCUT2D eigenvalue weighted by atomic mass is 9.67. The Morgan fingerprint density at radius 3 is 2.73 bits per heavy atom. The number of hydrogen-bond acceptors (Lipinski definition) is 2. The maximum Gasteiger partial charge on any atom is 0.0116 e. The molecule has 0 aromatic heterocycles. The van der Waals surface area contributed by atoms with E-state index in [4.69, 9.17) is 25.3 Å². The minimum Gasteiger partial charge on any atom is -0.176 e. The van der Waals surface area contributed by atoms with Gasteiger partial charge < -0.3 is 0 Å². The van der Waals surface area contributed by atoms with Crippen LogP contribution in [0.3, 0.4) is 0 Å². The first-order valence-corrected chi connectivity index (χ1v) is 10.3. The summed E-state index contributed by atoms with van der Waals surface area (Å²) in [5.41, 5.74) is 2.15. The molecule has 4 rings (SSSR count). The highest BCUT2D eigenvalue weighted by atomic mass is 32.1. The molecule has 122 valence electrons. The van der Waals surface area contributed by atoms with Gasteiger partial charge in [-0.15, -0.1) is 0 Å². The molecule has 0 amide bonds. The summed E-state index contributed by atoms with van der Waals surface area (Å²) in [6.45, 7) is 4.83. The van der Waals surface area contributed by atoms with Gasteiger partial charge in [0.25, 0.3) is 0 Å². The monoisotopic (exact) mass is 334 g/mol. The zero-order valence-electron chi connectivity index (χ0n) is 13.9. The first-order chi connectivity index (χ1) is 10.5. The predicted octanol–water partition coefficient (Wildman–Crippen LogP) is 5.57. The molecule has 0 N–H and O–H groups in total. The summed E-state index contributed by atoms with van der Waals surface area (Å²) in [6, 6.07) is 0. The highest BCUT2D eigenvalue weighted by molar-refractivity contribution is 7.81. The predicted molar refractivity (Wildman–Crippen MR) is 102 cm³/mol. The van der Waals surface area contributed by atoms with Crippen LogP contribution in [0.25, 0.3) is 0 Å². The minimum absolute atomic E-state index is 0.532. The van der Waals surface area contributed by atoms with E-state index < -0.39 is 0 Å². The molecule has 8 atom stereocenters. The van der Waals surface area contributed by atoms with E-state index in [1.807, 2.05) is 0 Å². The molecule has 3 bridgehead atoms. The van der Waals surface area contributed by atoms with E-state index in [1.165, 1.54) is 38.5 Å². The lowest BCUT2D eigenvalue weighted by Gasteiger charge is -2.42. The summed E-state index contributed by atoms with van der Waals surface area (Å²) >= 11 is 10.2. The van der Waals surface area contributed by atoms with Crippen LogP contribution in [0, 0.1) is 35.0 Å². The quantitative estimate of drug-likeness (QED) is 0.532. The molecule has 4 aliphatic rings. The molecule has 0 aliphatic heterocycles. The zero-order chi connectivity index (χ0) is 15.5. The highest BCUT2D eigenvalue weighted by Gasteiger charge is 2.61. The van der Waals surface area contributed by atoms with Gasteiger partial charge in [0, 0.05) is 10.5 Å². The molecule has 22 heavy (non-hydrogen) atoms. The van der Waals surface area contributed by atoms with Crippen molar-refractivity contribution in [1.29, 1.82) is 0 Å². The van der Waals surface area contributed by atoms with Gasteiger partial charge in [-0.25, -0.2) is 0 Å². The molecule has 8 unspecified atom stereocenters. The van der Waals surface area contributed by atoms with Crippen LogP contribution in [0.2, 0.25) is 0 Å². The van der Waals surface area contributed by atoms with Crippen molar-refractivity contribution in [2.24, 2.45) is 35.0 Å². The number of fused-ring (bicyclic) bond motifs is 1. The SMILES string of the molecule is CC1C/C=C\C2=C/CC3CC4(CC(S)C3C1)CC4C(S)C2C. The summed E-state index contributed by atoms with van der Waals surface area (Å²) in [5.74, 6) is 3.90. The van der Waals surface area contributed by atoms with Crippen LogP contribution in [-0.4, -0.2) is 10.5 Å². The molecule has 0 nitrogen and oxygen atoms in total. The fourth-order valence-electron chi connectivity index (χ4n) is 5.81. The van der Waals surface area contributed by atoms with Gasteiger partial charge >= 0.3 is 0 Å². The van der Waals surface area contributed by atoms with Crippen LogP contribution in [0.4, 0.5) is 0 Å². The van der Waals surface area contributed by atoms with Gasteiger partial charge in [0.05, 0.1) is 0 Å². The van der Waals surface area contributed by atoms with E-state index in [1.54, 1.807) is 5.57 Å². The maximum atomic E-state index is 5.10. The number of allylic oxidation sites excluding steroid dienone is 4. The fraction of sp³-hybridized carbons (Fsp3) is 0.800. The molecule has 2 fully saturated rings. The topological polar surface area (TPSA) is 0 Å². The van der Waals surface area contributed by atoms with Gasteiger partial charge in [0.15, 0.2) is 0 Å². The number of rotatable bonds is 0. The van der Waals surface area contributed by atoms with Gasteiger partial charge in [-0.1, -0.05) is 32.1 Å². The molecule has 0 saturated heterocycles. The zero-order valence-corrected chi connectivity index (χ0v) is 15.7. The van der Waals surface area contributed by atoms with Gasteiger partial charge in [-0.2, -0.15) is 25.3 Å². The van der Waals surface area contributed by atoms with Crippen LogP contribution in [0.1, 0.15) is 52.4 Å². The van der Waals surface area contributed by atoms with Crippen molar-refractivity contribution in [2.45, 2.75) is 62.9 Å². The van der Waals surface area contributed by atoms with Crippen LogP contribution < -0.4 is 0 Å². The van der Waals surface area contributed by atoms with Crippen LogP contribution in [-0.2, 0) is 0 Å². The van der Waals surface area contributed by atoms with Gasteiger partial charge in [-0.3, -0.25) is 0 Å². The Morgan fingerprint density at radius 1 is 1.09 bits per heavy atom. The third-order valence-electron chi connectivity index (χ3n) is 7.27. The van der Waals surface area contributed by atoms with Crippen LogP contribution >= 0.6 is 25.3 Å². The van der Waals surface area contributed by atoms with Gasteiger partial charge in [0.2, 0.25) is 0 Å². The van der Waals surface area contributed by atoms with Crippen LogP contribution in [0.15, 0.2) is 23.8 Å². The lowest BCUT2D eigenvalue weighted by Crippen LogP contribution is -2.36. The molecule has 4 aliphatic carbocycles. The lowest BCUT2D eigenvalue weighted by molar-refractivity contribution is 0.141. The van der Waals surface area contributed by atoms with E-state index in [0.29, 0.717) is 21.8 Å². The summed E-state index contributed by atoms with van der Waals surface area (Å²) in [5, 5.41) is 1.14. The molecule has 0 radical (unpaired) electrons. The van der Waals surface area contributed by atoms with Gasteiger partial charge in [0.1, 0.15) is 0 Å². The number of thiol groups is 2. The second-order valence-corrected chi connectivity index (χ2v) is 10.0. The molecule has 2 heteroatoms. The summed E-state index contributed by atoms with van der Waals surface area (Å²) < 4.78 is 0. The van der Waals surface area contributed by atoms with Crippen molar-refractivity contribution in [3.8, 4) is 0 Å². The summed E-state index contributed by atoms with van der Waals surface area (Å²) in [6.07, 6.45) is 15.5. The Balaban J connectivity index is 1.76. The molecule has 0 heterocycles. The molecular formula is C20H30S2. The Bertz CT molecular complexity index is 508. The maximum absolute atomic E-state index is 5.10. The fourth-order valence-corrected chi connectivity index (χ4v) is 7.14. The Labute approximate surface area is 147 Å². The van der Waals surface area contributed by atoms with E-state index >= 15 is 0 Å². The normalized spacial score (nSPS) is 57.8.